The molecule has 0 bridgehead atoms. The molecule has 1 aliphatic rings. The molecular formula is C23H29FN6. The summed E-state index contributed by atoms with van der Waals surface area (Å²) in [7, 11) is 4.23. The largest absolute Gasteiger partial charge is 0.362 e. The van der Waals surface area contributed by atoms with Gasteiger partial charge in [-0.1, -0.05) is 12.1 Å². The van der Waals surface area contributed by atoms with E-state index in [0.29, 0.717) is 11.4 Å². The van der Waals surface area contributed by atoms with E-state index in [1.165, 1.54) is 6.07 Å². The van der Waals surface area contributed by atoms with Crippen LogP contribution in [0.5, 0.6) is 0 Å². The minimum atomic E-state index is -0.200. The molecule has 0 radical (unpaired) electrons. The molecule has 0 amide bonds. The van der Waals surface area contributed by atoms with Crippen molar-refractivity contribution in [3.8, 4) is 0 Å². The van der Waals surface area contributed by atoms with Crippen molar-refractivity contribution in [1.29, 1.82) is 0 Å². The number of nitrogens with zero attached hydrogens (tertiary/aromatic N) is 5. The zero-order valence-electron chi connectivity index (χ0n) is 18.5. The van der Waals surface area contributed by atoms with Gasteiger partial charge in [0.25, 0.3) is 0 Å². The number of hydrogen-bond donors (Lipinski definition) is 1. The molecule has 0 unspecified atom stereocenters. The lowest BCUT2D eigenvalue weighted by molar-refractivity contribution is 0.132. The maximum absolute atomic E-state index is 14.0. The van der Waals surface area contributed by atoms with E-state index in [-0.39, 0.29) is 17.4 Å². The second-order valence-corrected chi connectivity index (χ2v) is 8.79. The number of likely N-dealkylation sites (N-methyl/N-ethyl adjacent to an activating group) is 1. The van der Waals surface area contributed by atoms with Gasteiger partial charge >= 0.3 is 0 Å². The molecule has 1 atom stereocenters. The Morgan fingerprint density at radius 2 is 1.90 bits per heavy atom. The molecule has 6 nitrogen and oxygen atoms in total. The van der Waals surface area contributed by atoms with Gasteiger partial charge in [0.15, 0.2) is 5.82 Å². The number of halogens is 1. The molecule has 1 aromatic carbocycles. The molecule has 1 saturated heterocycles. The molecule has 0 aliphatic carbocycles. The standard InChI is InChI=1S/C23H29FN6/c1-14-17(8-7-9-20(14)24)15(2)26-22-18-10-21(25-11-19(18)16(3)27-28-22)30-12-23(4,13-30)29(5)6/h7-11,15H,12-13H2,1-6H3,(H,26,28)/t15-/m1/s1. The van der Waals surface area contributed by atoms with Gasteiger partial charge in [-0.3, -0.25) is 0 Å². The molecule has 4 rings (SSSR count). The first-order valence-corrected chi connectivity index (χ1v) is 10.3. The quantitative estimate of drug-likeness (QED) is 0.686. The van der Waals surface area contributed by atoms with E-state index in [2.05, 4.69) is 57.4 Å². The van der Waals surface area contributed by atoms with E-state index in [1.807, 2.05) is 26.1 Å². The lowest BCUT2D eigenvalue weighted by Gasteiger charge is -2.52. The molecule has 158 valence electrons. The monoisotopic (exact) mass is 408 g/mol. The Morgan fingerprint density at radius 3 is 2.60 bits per heavy atom. The second-order valence-electron chi connectivity index (χ2n) is 8.79. The molecule has 0 spiro atoms. The summed E-state index contributed by atoms with van der Waals surface area (Å²) in [6, 6.07) is 7.13. The number of anilines is 2. The third kappa shape index (κ3) is 3.47. The van der Waals surface area contributed by atoms with Crippen LogP contribution in [0.1, 0.15) is 36.7 Å². The number of aryl methyl sites for hydroxylation is 1. The van der Waals surface area contributed by atoms with Crippen molar-refractivity contribution < 1.29 is 4.39 Å². The predicted molar refractivity (Wildman–Crippen MR) is 120 cm³/mol. The van der Waals surface area contributed by atoms with Gasteiger partial charge in [0.05, 0.1) is 17.3 Å². The minimum absolute atomic E-state index is 0.112. The van der Waals surface area contributed by atoms with E-state index in [9.17, 15) is 4.39 Å². The van der Waals surface area contributed by atoms with Crippen LogP contribution < -0.4 is 10.2 Å². The molecule has 3 aromatic rings. The van der Waals surface area contributed by atoms with Crippen LogP contribution in [0.2, 0.25) is 0 Å². The number of pyridine rings is 1. The first-order valence-electron chi connectivity index (χ1n) is 10.3. The molecule has 30 heavy (non-hydrogen) atoms. The normalized spacial score (nSPS) is 16.6. The number of rotatable bonds is 5. The Bertz CT molecular complexity index is 1090. The molecule has 1 N–H and O–H groups in total. The predicted octanol–water partition coefficient (Wildman–Crippen LogP) is 4.09. The number of hydrogen-bond acceptors (Lipinski definition) is 6. The zero-order valence-corrected chi connectivity index (χ0v) is 18.5. The zero-order chi connectivity index (χ0) is 21.6. The third-order valence-electron chi connectivity index (χ3n) is 6.43. The van der Waals surface area contributed by atoms with Gasteiger partial charge in [0, 0.05) is 30.1 Å². The van der Waals surface area contributed by atoms with Gasteiger partial charge in [-0.05, 0) is 65.0 Å². The highest BCUT2D eigenvalue weighted by Gasteiger charge is 2.41. The van der Waals surface area contributed by atoms with Gasteiger partial charge in [0.1, 0.15) is 11.6 Å². The van der Waals surface area contributed by atoms with Gasteiger partial charge in [-0.2, -0.15) is 5.10 Å². The third-order valence-corrected chi connectivity index (χ3v) is 6.43. The number of nitrogens with one attached hydrogen (secondary N) is 1. The molecule has 0 saturated carbocycles. The van der Waals surface area contributed by atoms with Crippen molar-refractivity contribution >= 4 is 22.4 Å². The van der Waals surface area contributed by atoms with E-state index < -0.39 is 0 Å². The van der Waals surface area contributed by atoms with Gasteiger partial charge in [-0.25, -0.2) is 9.37 Å². The fraction of sp³-hybridized carbons (Fsp3) is 0.435. The average Bonchev–Trinajstić information content (AvgIpc) is 2.69. The highest BCUT2D eigenvalue weighted by Crippen LogP contribution is 2.33. The van der Waals surface area contributed by atoms with E-state index >= 15 is 0 Å². The van der Waals surface area contributed by atoms with Crippen molar-refractivity contribution in [2.75, 3.05) is 37.4 Å². The van der Waals surface area contributed by atoms with E-state index in [1.54, 1.807) is 13.0 Å². The van der Waals surface area contributed by atoms with Crippen molar-refractivity contribution in [2.45, 2.75) is 39.3 Å². The summed E-state index contributed by atoms with van der Waals surface area (Å²) in [5.41, 5.74) is 2.55. The minimum Gasteiger partial charge on any atom is -0.362 e. The topological polar surface area (TPSA) is 57.2 Å². The van der Waals surface area contributed by atoms with E-state index in [4.69, 9.17) is 0 Å². The fourth-order valence-electron chi connectivity index (χ4n) is 4.04. The van der Waals surface area contributed by atoms with Crippen LogP contribution in [0, 0.1) is 19.7 Å². The molecule has 7 heteroatoms. The Morgan fingerprint density at radius 1 is 1.17 bits per heavy atom. The highest BCUT2D eigenvalue weighted by atomic mass is 19.1. The van der Waals surface area contributed by atoms with Crippen molar-refractivity contribution in [2.24, 2.45) is 0 Å². The van der Waals surface area contributed by atoms with Crippen LogP contribution in [-0.2, 0) is 0 Å². The van der Waals surface area contributed by atoms with Crippen LogP contribution in [0.25, 0.3) is 10.8 Å². The first kappa shape index (κ1) is 20.5. The Kier molecular flexibility index (Phi) is 5.10. The van der Waals surface area contributed by atoms with Crippen LogP contribution in [0.4, 0.5) is 16.0 Å². The molecule has 1 fully saturated rings. The second kappa shape index (κ2) is 7.47. The first-order chi connectivity index (χ1) is 14.2. The van der Waals surface area contributed by atoms with Gasteiger partial charge in [0.2, 0.25) is 0 Å². The summed E-state index contributed by atoms with van der Waals surface area (Å²) in [4.78, 5) is 9.22. The summed E-state index contributed by atoms with van der Waals surface area (Å²) in [6.45, 7) is 9.86. The summed E-state index contributed by atoms with van der Waals surface area (Å²) >= 11 is 0. The lowest BCUT2D eigenvalue weighted by Crippen LogP contribution is -2.67. The van der Waals surface area contributed by atoms with Gasteiger partial charge < -0.3 is 15.1 Å². The van der Waals surface area contributed by atoms with Gasteiger partial charge in [-0.15, -0.1) is 5.10 Å². The van der Waals surface area contributed by atoms with Crippen molar-refractivity contribution in [1.82, 2.24) is 20.1 Å². The summed E-state index contributed by atoms with van der Waals surface area (Å²) < 4.78 is 14.0. The molecular weight excluding hydrogens is 379 g/mol. The summed E-state index contributed by atoms with van der Waals surface area (Å²) in [5, 5.41) is 14.1. The highest BCUT2D eigenvalue weighted by molar-refractivity contribution is 5.94. The number of aromatic nitrogens is 3. The van der Waals surface area contributed by atoms with Crippen LogP contribution in [-0.4, -0.2) is 52.8 Å². The van der Waals surface area contributed by atoms with Crippen LogP contribution in [0.3, 0.4) is 0 Å². The molecule has 1 aliphatic heterocycles. The van der Waals surface area contributed by atoms with Crippen molar-refractivity contribution in [3.63, 3.8) is 0 Å². The average molecular weight is 409 g/mol. The van der Waals surface area contributed by atoms with Crippen LogP contribution >= 0.6 is 0 Å². The molecule has 3 heterocycles. The maximum Gasteiger partial charge on any atom is 0.157 e. The number of benzene rings is 1. The Labute approximate surface area is 177 Å². The molecule has 2 aromatic heterocycles. The van der Waals surface area contributed by atoms with Crippen LogP contribution in [0.15, 0.2) is 30.5 Å². The Balaban J connectivity index is 1.67. The SMILES string of the molecule is Cc1c(F)cccc1[C@@H](C)Nc1nnc(C)c2cnc(N3CC(C)(N(C)C)C3)cc12. The Hall–Kier alpha value is -2.80. The van der Waals surface area contributed by atoms with Crippen molar-refractivity contribution in [3.05, 3.63) is 53.1 Å². The summed E-state index contributed by atoms with van der Waals surface area (Å²) in [6.07, 6.45) is 1.88. The smallest absolute Gasteiger partial charge is 0.157 e. The summed E-state index contributed by atoms with van der Waals surface area (Å²) in [5.74, 6) is 1.42. The number of fused-ring (bicyclic) bond motifs is 1. The lowest BCUT2D eigenvalue weighted by atomic mass is 9.91. The fourth-order valence-corrected chi connectivity index (χ4v) is 4.04. The van der Waals surface area contributed by atoms with E-state index in [0.717, 1.165) is 40.9 Å². The maximum atomic E-state index is 14.0.